The van der Waals surface area contributed by atoms with Gasteiger partial charge in [0.1, 0.15) is 5.75 Å². The first-order valence-electron chi connectivity index (χ1n) is 3.80. The predicted octanol–water partition coefficient (Wildman–Crippen LogP) is 0.458. The number of phenolic OH excluding ortho intramolecular Hbond substituents is 1. The van der Waals surface area contributed by atoms with Gasteiger partial charge in [0.15, 0.2) is 5.78 Å². The van der Waals surface area contributed by atoms with E-state index < -0.39 is 6.04 Å². The van der Waals surface area contributed by atoms with Gasteiger partial charge in [0.25, 0.3) is 0 Å². The Hall–Kier alpha value is -1.35. The lowest BCUT2D eigenvalue weighted by Gasteiger charge is -1.96. The van der Waals surface area contributed by atoms with Crippen LogP contribution in [0, 0.1) is 0 Å². The van der Waals surface area contributed by atoms with Crippen molar-refractivity contribution < 1.29 is 9.90 Å². The molecule has 3 nitrogen and oxygen atoms in total. The molecular weight excluding hydrogens is 154 g/mol. The van der Waals surface area contributed by atoms with Crippen molar-refractivity contribution in [1.82, 2.24) is 0 Å². The van der Waals surface area contributed by atoms with Gasteiger partial charge in [-0.1, -0.05) is 0 Å². The first kappa shape index (κ1) is 7.31. The van der Waals surface area contributed by atoms with Gasteiger partial charge >= 0.3 is 0 Å². The molecule has 0 saturated carbocycles. The van der Waals surface area contributed by atoms with Crippen LogP contribution in [0.4, 0.5) is 0 Å². The first-order chi connectivity index (χ1) is 5.68. The monoisotopic (exact) mass is 163 g/mol. The van der Waals surface area contributed by atoms with Gasteiger partial charge in [-0.2, -0.15) is 0 Å². The summed E-state index contributed by atoms with van der Waals surface area (Å²) in [6.45, 7) is 0. The Kier molecular flexibility index (Phi) is 1.41. The van der Waals surface area contributed by atoms with E-state index in [0.717, 1.165) is 5.56 Å². The number of phenols is 1. The highest BCUT2D eigenvalue weighted by atomic mass is 16.3. The Morgan fingerprint density at radius 2 is 2.25 bits per heavy atom. The molecule has 1 aromatic carbocycles. The lowest BCUT2D eigenvalue weighted by molar-refractivity contribution is 0.0974. The van der Waals surface area contributed by atoms with Crippen LogP contribution in [0.1, 0.15) is 15.9 Å². The van der Waals surface area contributed by atoms with Crippen molar-refractivity contribution in [3.05, 3.63) is 29.3 Å². The molecule has 0 bridgehead atoms. The average Bonchev–Trinajstić information content (AvgIpc) is 2.28. The Morgan fingerprint density at radius 3 is 3.00 bits per heavy atom. The van der Waals surface area contributed by atoms with Gasteiger partial charge in [-0.15, -0.1) is 0 Å². The summed E-state index contributed by atoms with van der Waals surface area (Å²) in [4.78, 5) is 11.3. The molecule has 0 spiro atoms. The minimum atomic E-state index is -0.415. The molecule has 0 amide bonds. The van der Waals surface area contributed by atoms with Crippen molar-refractivity contribution in [2.45, 2.75) is 12.5 Å². The molecule has 0 saturated heterocycles. The fraction of sp³-hybridized carbons (Fsp3) is 0.222. The maximum Gasteiger partial charge on any atom is 0.180 e. The molecule has 0 fully saturated rings. The smallest absolute Gasteiger partial charge is 0.180 e. The van der Waals surface area contributed by atoms with Crippen LogP contribution in [-0.4, -0.2) is 16.9 Å². The van der Waals surface area contributed by atoms with Gasteiger partial charge in [0, 0.05) is 5.56 Å². The molecule has 0 aliphatic heterocycles. The Labute approximate surface area is 69.8 Å². The summed E-state index contributed by atoms with van der Waals surface area (Å²) in [6, 6.07) is 4.32. The summed E-state index contributed by atoms with van der Waals surface area (Å²) in [6.07, 6.45) is 0.544. The molecule has 1 aliphatic carbocycles. The highest BCUT2D eigenvalue weighted by molar-refractivity contribution is 6.04. The lowest BCUT2D eigenvalue weighted by atomic mass is 10.1. The molecule has 2 rings (SSSR count). The quantitative estimate of drug-likeness (QED) is 0.584. The minimum Gasteiger partial charge on any atom is -0.508 e. The van der Waals surface area contributed by atoms with Crippen molar-refractivity contribution in [3.63, 3.8) is 0 Å². The molecule has 0 radical (unpaired) electrons. The molecule has 12 heavy (non-hydrogen) atoms. The molecule has 0 heterocycles. The second-order valence-electron chi connectivity index (χ2n) is 3.02. The number of rotatable bonds is 0. The van der Waals surface area contributed by atoms with E-state index in [9.17, 15) is 4.79 Å². The number of carbonyl (C=O) groups excluding carboxylic acids is 1. The second-order valence-corrected chi connectivity index (χ2v) is 3.02. The number of Topliss-reactive ketones (excluding diaryl/α,β-unsaturated/α-hetero) is 1. The molecule has 3 N–H and O–H groups in total. The summed E-state index contributed by atoms with van der Waals surface area (Å²) >= 11 is 0. The van der Waals surface area contributed by atoms with Gasteiger partial charge < -0.3 is 10.8 Å². The van der Waals surface area contributed by atoms with E-state index in [-0.39, 0.29) is 11.5 Å². The maximum atomic E-state index is 11.3. The zero-order chi connectivity index (χ0) is 8.72. The average molecular weight is 163 g/mol. The number of ketones is 1. The molecule has 1 atom stereocenters. The van der Waals surface area contributed by atoms with Crippen LogP contribution >= 0.6 is 0 Å². The van der Waals surface area contributed by atoms with Gasteiger partial charge in [0.2, 0.25) is 0 Å². The standard InChI is InChI=1S/C9H9NO2/c10-8-4-5-3-6(11)1-2-7(5)9(8)12/h1-3,8,11H,4,10H2. The number of fused-ring (bicyclic) bond motifs is 1. The fourth-order valence-corrected chi connectivity index (χ4v) is 1.52. The third-order valence-corrected chi connectivity index (χ3v) is 2.13. The van der Waals surface area contributed by atoms with Gasteiger partial charge in [-0.3, -0.25) is 4.79 Å². The molecule has 0 aromatic heterocycles. The number of carbonyl (C=O) groups is 1. The normalized spacial score (nSPS) is 21.1. The zero-order valence-electron chi connectivity index (χ0n) is 6.45. The van der Waals surface area contributed by atoms with Crippen LogP contribution < -0.4 is 5.73 Å². The van der Waals surface area contributed by atoms with Crippen molar-refractivity contribution in [2.75, 3.05) is 0 Å². The van der Waals surface area contributed by atoms with E-state index in [0.29, 0.717) is 12.0 Å². The molecule has 62 valence electrons. The van der Waals surface area contributed by atoms with Crippen LogP contribution in [0.3, 0.4) is 0 Å². The Bertz CT molecular complexity index is 346. The largest absolute Gasteiger partial charge is 0.508 e. The lowest BCUT2D eigenvalue weighted by Crippen LogP contribution is -2.26. The van der Waals surface area contributed by atoms with Crippen LogP contribution in [0.25, 0.3) is 0 Å². The van der Waals surface area contributed by atoms with Crippen molar-refractivity contribution in [2.24, 2.45) is 5.73 Å². The number of aromatic hydroxyl groups is 1. The van der Waals surface area contributed by atoms with E-state index in [2.05, 4.69) is 0 Å². The van der Waals surface area contributed by atoms with Gasteiger partial charge in [0.05, 0.1) is 6.04 Å². The summed E-state index contributed by atoms with van der Waals surface area (Å²) in [5.41, 5.74) is 7.05. The summed E-state index contributed by atoms with van der Waals surface area (Å²) in [7, 11) is 0. The van der Waals surface area contributed by atoms with E-state index in [1.54, 1.807) is 12.1 Å². The number of hydrogen-bond acceptors (Lipinski definition) is 3. The third-order valence-electron chi connectivity index (χ3n) is 2.13. The third kappa shape index (κ3) is 0.905. The first-order valence-corrected chi connectivity index (χ1v) is 3.80. The fourth-order valence-electron chi connectivity index (χ4n) is 1.52. The van der Waals surface area contributed by atoms with Crippen LogP contribution in [-0.2, 0) is 6.42 Å². The number of benzene rings is 1. The molecule has 1 aliphatic rings. The van der Waals surface area contributed by atoms with Crippen LogP contribution in [0.2, 0.25) is 0 Å². The highest BCUT2D eigenvalue weighted by Gasteiger charge is 2.27. The van der Waals surface area contributed by atoms with Gasteiger partial charge in [-0.25, -0.2) is 0 Å². The molecule has 1 unspecified atom stereocenters. The van der Waals surface area contributed by atoms with E-state index in [1.807, 2.05) is 0 Å². The summed E-state index contributed by atoms with van der Waals surface area (Å²) < 4.78 is 0. The second kappa shape index (κ2) is 2.32. The minimum absolute atomic E-state index is 0.0231. The van der Waals surface area contributed by atoms with E-state index in [1.165, 1.54) is 6.07 Å². The Morgan fingerprint density at radius 1 is 1.50 bits per heavy atom. The van der Waals surface area contributed by atoms with Gasteiger partial charge in [-0.05, 0) is 30.2 Å². The van der Waals surface area contributed by atoms with Crippen LogP contribution in [0.5, 0.6) is 5.75 Å². The number of nitrogens with two attached hydrogens (primary N) is 1. The topological polar surface area (TPSA) is 63.3 Å². The molecular formula is C9H9NO2. The predicted molar refractivity (Wildman–Crippen MR) is 44.1 cm³/mol. The van der Waals surface area contributed by atoms with Crippen molar-refractivity contribution >= 4 is 5.78 Å². The molecule has 1 aromatic rings. The van der Waals surface area contributed by atoms with E-state index in [4.69, 9.17) is 10.8 Å². The summed E-state index contributed by atoms with van der Waals surface area (Å²) in [5.74, 6) is 0.167. The van der Waals surface area contributed by atoms with Crippen molar-refractivity contribution in [3.8, 4) is 5.75 Å². The molecule has 3 heteroatoms. The van der Waals surface area contributed by atoms with E-state index >= 15 is 0 Å². The SMILES string of the molecule is NC1Cc2cc(O)ccc2C1=O. The zero-order valence-corrected chi connectivity index (χ0v) is 6.45. The summed E-state index contributed by atoms with van der Waals surface area (Å²) in [5, 5.41) is 9.12. The maximum absolute atomic E-state index is 11.3. The Balaban J connectivity index is 2.54. The highest BCUT2D eigenvalue weighted by Crippen LogP contribution is 2.24. The number of hydrogen-bond donors (Lipinski definition) is 2. The van der Waals surface area contributed by atoms with Crippen molar-refractivity contribution in [1.29, 1.82) is 0 Å². The van der Waals surface area contributed by atoms with Crippen LogP contribution in [0.15, 0.2) is 18.2 Å².